The summed E-state index contributed by atoms with van der Waals surface area (Å²) in [5, 5.41) is 0. The van der Waals surface area contributed by atoms with E-state index in [2.05, 4.69) is 39.0 Å². The van der Waals surface area contributed by atoms with Gasteiger partial charge in [-0.25, -0.2) is 0 Å². The maximum absolute atomic E-state index is 12.6. The second-order valence-electron chi connectivity index (χ2n) is 8.35. The maximum Gasteiger partial charge on any atom is 0.231 e. The van der Waals surface area contributed by atoms with Crippen LogP contribution in [0.15, 0.2) is 22.7 Å². The van der Waals surface area contributed by atoms with Crippen molar-refractivity contribution in [3.63, 3.8) is 0 Å². The fourth-order valence-electron chi connectivity index (χ4n) is 6.32. The summed E-state index contributed by atoms with van der Waals surface area (Å²) in [6.45, 7) is 0.971. The molecular weight excluding hydrogens is 338 g/mol. The molecule has 22 heavy (non-hydrogen) atoms. The topological polar surface area (TPSA) is 20.3 Å². The van der Waals surface area contributed by atoms with Gasteiger partial charge in [-0.15, -0.1) is 0 Å². The number of fused-ring (bicyclic) bond motifs is 1. The highest BCUT2D eigenvalue weighted by Gasteiger charge is 2.52. The van der Waals surface area contributed by atoms with Gasteiger partial charge in [-0.05, 0) is 79.4 Å². The molecule has 4 fully saturated rings. The first-order valence-electron chi connectivity index (χ1n) is 8.69. The van der Waals surface area contributed by atoms with E-state index >= 15 is 0 Å². The monoisotopic (exact) mass is 359 g/mol. The lowest BCUT2D eigenvalue weighted by Gasteiger charge is -2.57. The Morgan fingerprint density at radius 1 is 1.09 bits per heavy atom. The third-order valence-corrected chi connectivity index (χ3v) is 7.13. The van der Waals surface area contributed by atoms with E-state index in [-0.39, 0.29) is 0 Å². The van der Waals surface area contributed by atoms with Gasteiger partial charge in [0.15, 0.2) is 0 Å². The molecule has 0 spiro atoms. The van der Waals surface area contributed by atoms with Gasteiger partial charge in [0.05, 0.1) is 6.42 Å². The molecule has 1 heterocycles. The molecule has 2 nitrogen and oxygen atoms in total. The Bertz CT molecular complexity index is 618. The lowest BCUT2D eigenvalue weighted by molar-refractivity contribution is -0.118. The van der Waals surface area contributed by atoms with Crippen molar-refractivity contribution < 1.29 is 4.79 Å². The Labute approximate surface area is 140 Å². The minimum absolute atomic E-state index is 0.309. The Kier molecular flexibility index (Phi) is 2.84. The molecule has 1 aliphatic heterocycles. The molecule has 0 radical (unpaired) electrons. The molecule has 4 bridgehead atoms. The summed E-state index contributed by atoms with van der Waals surface area (Å²) in [5.41, 5.74) is 2.79. The molecule has 4 aliphatic carbocycles. The van der Waals surface area contributed by atoms with Gasteiger partial charge < -0.3 is 4.90 Å². The summed E-state index contributed by atoms with van der Waals surface area (Å²) in [4.78, 5) is 14.7. The predicted molar refractivity (Wildman–Crippen MR) is 90.8 cm³/mol. The number of amides is 1. The van der Waals surface area contributed by atoms with Crippen molar-refractivity contribution in [2.24, 2.45) is 23.2 Å². The lowest BCUT2D eigenvalue weighted by atomic mass is 9.49. The first kappa shape index (κ1) is 13.6. The number of hydrogen-bond acceptors (Lipinski definition) is 1. The highest BCUT2D eigenvalue weighted by atomic mass is 79.9. The highest BCUT2D eigenvalue weighted by Crippen LogP contribution is 2.60. The molecule has 0 unspecified atom stereocenters. The van der Waals surface area contributed by atoms with Crippen LogP contribution in [0.3, 0.4) is 0 Å². The van der Waals surface area contributed by atoms with Crippen LogP contribution in [0.5, 0.6) is 0 Å². The SMILES string of the molecule is O=C1Cc2ccc(Br)cc2N1CC12CC3CC(CC(C3)C1)C2. The molecule has 5 aliphatic rings. The first-order valence-corrected chi connectivity index (χ1v) is 9.48. The highest BCUT2D eigenvalue weighted by molar-refractivity contribution is 9.10. The summed E-state index contributed by atoms with van der Waals surface area (Å²) in [6.07, 6.45) is 9.10. The van der Waals surface area contributed by atoms with Crippen LogP contribution in [0.25, 0.3) is 0 Å². The van der Waals surface area contributed by atoms with E-state index in [1.54, 1.807) is 0 Å². The van der Waals surface area contributed by atoms with Crippen molar-refractivity contribution in [1.82, 2.24) is 0 Å². The quantitative estimate of drug-likeness (QED) is 0.758. The largest absolute Gasteiger partial charge is 0.311 e. The molecule has 6 rings (SSSR count). The average Bonchev–Trinajstić information content (AvgIpc) is 2.73. The van der Waals surface area contributed by atoms with Crippen molar-refractivity contribution in [1.29, 1.82) is 0 Å². The molecule has 0 N–H and O–H groups in total. The van der Waals surface area contributed by atoms with Gasteiger partial charge >= 0.3 is 0 Å². The normalized spacial score (nSPS) is 38.7. The first-order chi connectivity index (χ1) is 10.6. The van der Waals surface area contributed by atoms with Gasteiger partial charge in [-0.2, -0.15) is 0 Å². The fraction of sp³-hybridized carbons (Fsp3) is 0.632. The van der Waals surface area contributed by atoms with Gasteiger partial charge in [0.1, 0.15) is 0 Å². The summed E-state index contributed by atoms with van der Waals surface area (Å²) in [5.74, 6) is 3.16. The second kappa shape index (κ2) is 4.59. The molecule has 1 aromatic rings. The zero-order valence-electron chi connectivity index (χ0n) is 12.9. The van der Waals surface area contributed by atoms with E-state index in [0.29, 0.717) is 17.7 Å². The van der Waals surface area contributed by atoms with Crippen LogP contribution in [-0.4, -0.2) is 12.5 Å². The third-order valence-electron chi connectivity index (χ3n) is 6.64. The zero-order valence-corrected chi connectivity index (χ0v) is 14.4. The number of rotatable bonds is 2. The van der Waals surface area contributed by atoms with Crippen LogP contribution in [0.1, 0.15) is 44.1 Å². The second-order valence-corrected chi connectivity index (χ2v) is 9.26. The van der Waals surface area contributed by atoms with Crippen LogP contribution in [-0.2, 0) is 11.2 Å². The van der Waals surface area contributed by atoms with Crippen LogP contribution in [0.2, 0.25) is 0 Å². The van der Waals surface area contributed by atoms with Gasteiger partial charge in [-0.1, -0.05) is 22.0 Å². The molecule has 1 amide bonds. The fourth-order valence-corrected chi connectivity index (χ4v) is 6.67. The average molecular weight is 360 g/mol. The van der Waals surface area contributed by atoms with Crippen LogP contribution in [0, 0.1) is 23.2 Å². The van der Waals surface area contributed by atoms with E-state index in [0.717, 1.165) is 34.5 Å². The molecule has 3 heteroatoms. The minimum atomic E-state index is 0.309. The maximum atomic E-state index is 12.6. The summed E-state index contributed by atoms with van der Waals surface area (Å²) in [6, 6.07) is 6.30. The molecule has 0 saturated heterocycles. The summed E-state index contributed by atoms with van der Waals surface area (Å²) in [7, 11) is 0. The Hall–Kier alpha value is -0.830. The standard InChI is InChI=1S/C19H22BrNO/c20-16-2-1-15-6-18(22)21(17(15)7-16)11-19-8-12-3-13(9-19)5-14(4-12)10-19/h1-2,7,12-14H,3-6,8-11H2. The number of nitrogens with zero attached hydrogens (tertiary/aromatic N) is 1. The van der Waals surface area contributed by atoms with Crippen LogP contribution in [0.4, 0.5) is 5.69 Å². The third kappa shape index (κ3) is 2.01. The predicted octanol–water partition coefficient (Wildman–Crippen LogP) is 4.55. The van der Waals surface area contributed by atoms with E-state index in [4.69, 9.17) is 0 Å². The Morgan fingerprint density at radius 3 is 2.36 bits per heavy atom. The Morgan fingerprint density at radius 2 is 1.73 bits per heavy atom. The number of anilines is 1. The number of carbonyl (C=O) groups is 1. The molecule has 0 atom stereocenters. The molecular formula is C19H22BrNO. The number of halogens is 1. The number of carbonyl (C=O) groups excluding carboxylic acids is 1. The Balaban J connectivity index is 1.47. The van der Waals surface area contributed by atoms with Crippen molar-refractivity contribution in [2.45, 2.75) is 44.9 Å². The van der Waals surface area contributed by atoms with Crippen molar-refractivity contribution in [2.75, 3.05) is 11.4 Å². The number of hydrogen-bond donors (Lipinski definition) is 0. The van der Waals surface area contributed by atoms with Crippen molar-refractivity contribution in [3.05, 3.63) is 28.2 Å². The molecule has 1 aromatic carbocycles. The van der Waals surface area contributed by atoms with Gasteiger partial charge in [-0.3, -0.25) is 4.79 Å². The number of benzene rings is 1. The van der Waals surface area contributed by atoms with Crippen LogP contribution < -0.4 is 4.90 Å². The molecule has 4 saturated carbocycles. The molecule has 0 aromatic heterocycles. The lowest BCUT2D eigenvalue weighted by Crippen LogP contribution is -2.51. The van der Waals surface area contributed by atoms with Gasteiger partial charge in [0.2, 0.25) is 5.91 Å². The van der Waals surface area contributed by atoms with Crippen molar-refractivity contribution in [3.8, 4) is 0 Å². The van der Waals surface area contributed by atoms with Crippen molar-refractivity contribution >= 4 is 27.5 Å². The van der Waals surface area contributed by atoms with Gasteiger partial charge in [0, 0.05) is 16.7 Å². The van der Waals surface area contributed by atoms with E-state index < -0.39 is 0 Å². The zero-order chi connectivity index (χ0) is 14.9. The van der Waals surface area contributed by atoms with E-state index in [1.165, 1.54) is 44.1 Å². The van der Waals surface area contributed by atoms with E-state index in [1.807, 2.05) is 0 Å². The minimum Gasteiger partial charge on any atom is -0.311 e. The summed E-state index contributed by atoms with van der Waals surface area (Å²) < 4.78 is 1.08. The molecule has 116 valence electrons. The van der Waals surface area contributed by atoms with E-state index in [9.17, 15) is 4.79 Å². The van der Waals surface area contributed by atoms with Crippen LogP contribution >= 0.6 is 15.9 Å². The summed E-state index contributed by atoms with van der Waals surface area (Å²) >= 11 is 3.57. The smallest absolute Gasteiger partial charge is 0.231 e. The van der Waals surface area contributed by atoms with Gasteiger partial charge in [0.25, 0.3) is 0 Å².